The normalized spacial score (nSPS) is 24.1. The number of hydrogen-bond acceptors (Lipinski definition) is 3. The first-order valence-corrected chi connectivity index (χ1v) is 5.37. The van der Waals surface area contributed by atoms with Crippen LogP contribution >= 0.6 is 12.2 Å². The van der Waals surface area contributed by atoms with Gasteiger partial charge in [0.05, 0.1) is 0 Å². The fraction of sp³-hybridized carbons (Fsp3) is 0.286. The van der Waals surface area contributed by atoms with Crippen molar-refractivity contribution in [1.82, 2.24) is 0 Å². The molecular formula is C7H7O2S2. The highest BCUT2D eigenvalue weighted by molar-refractivity contribution is 7.94. The lowest BCUT2D eigenvalue weighted by molar-refractivity contribution is 0.601. The van der Waals surface area contributed by atoms with Crippen molar-refractivity contribution in [2.24, 2.45) is 0 Å². The van der Waals surface area contributed by atoms with Crippen LogP contribution in [0.15, 0.2) is 18.2 Å². The molecule has 0 amide bonds. The van der Waals surface area contributed by atoms with E-state index in [0.29, 0.717) is 4.86 Å². The van der Waals surface area contributed by atoms with Crippen LogP contribution in [0, 0.1) is 6.08 Å². The topological polar surface area (TPSA) is 34.1 Å². The van der Waals surface area contributed by atoms with Crippen molar-refractivity contribution in [3.8, 4) is 0 Å². The minimum Gasteiger partial charge on any atom is -0.228 e. The lowest BCUT2D eigenvalue weighted by Gasteiger charge is -2.10. The molecule has 1 aliphatic rings. The van der Waals surface area contributed by atoms with E-state index in [1.165, 1.54) is 18.4 Å². The van der Waals surface area contributed by atoms with Gasteiger partial charge in [-0.2, -0.15) is 0 Å². The average molecular weight is 187 g/mol. The van der Waals surface area contributed by atoms with E-state index in [9.17, 15) is 8.42 Å². The zero-order valence-electron chi connectivity index (χ0n) is 5.94. The summed E-state index contributed by atoms with van der Waals surface area (Å²) in [5.41, 5.74) is 0. The first kappa shape index (κ1) is 8.62. The van der Waals surface area contributed by atoms with Gasteiger partial charge in [0.15, 0.2) is 9.84 Å². The van der Waals surface area contributed by atoms with Crippen LogP contribution in [0.2, 0.25) is 0 Å². The molecule has 0 fully saturated rings. The third kappa shape index (κ3) is 1.97. The first-order valence-electron chi connectivity index (χ1n) is 3.00. The second-order valence-electron chi connectivity index (χ2n) is 2.32. The number of allylic oxidation sites excluding steroid dienone is 3. The molecule has 0 aromatic heterocycles. The summed E-state index contributed by atoms with van der Waals surface area (Å²) in [6.07, 6.45) is 8.52. The van der Waals surface area contributed by atoms with Gasteiger partial charge in [-0.25, -0.2) is 8.42 Å². The van der Waals surface area contributed by atoms with E-state index < -0.39 is 15.1 Å². The Labute approximate surface area is 71.5 Å². The van der Waals surface area contributed by atoms with Crippen LogP contribution in [0.25, 0.3) is 0 Å². The molecule has 0 saturated heterocycles. The highest BCUT2D eigenvalue weighted by Crippen LogP contribution is 2.09. The highest BCUT2D eigenvalue weighted by Gasteiger charge is 2.21. The first-order chi connectivity index (χ1) is 5.02. The smallest absolute Gasteiger partial charge is 0.158 e. The van der Waals surface area contributed by atoms with Gasteiger partial charge in [0, 0.05) is 11.1 Å². The lowest BCUT2D eigenvalue weighted by Crippen LogP contribution is -2.25. The third-order valence-electron chi connectivity index (χ3n) is 1.33. The van der Waals surface area contributed by atoms with Crippen molar-refractivity contribution in [2.75, 3.05) is 6.26 Å². The molecule has 0 N–H and O–H groups in total. The van der Waals surface area contributed by atoms with Gasteiger partial charge < -0.3 is 0 Å². The van der Waals surface area contributed by atoms with Gasteiger partial charge in [-0.15, -0.1) is 0 Å². The van der Waals surface area contributed by atoms with Gasteiger partial charge in [0.1, 0.15) is 5.25 Å². The maximum Gasteiger partial charge on any atom is 0.158 e. The second kappa shape index (κ2) is 2.87. The van der Waals surface area contributed by atoms with Crippen LogP contribution in [-0.4, -0.2) is 24.8 Å². The standard InChI is InChI=1S/C7H7O2S2/c1-11(8,9)7-5-3-2-4-6(7)10/h3-5,7H,1H3. The molecule has 0 aromatic rings. The van der Waals surface area contributed by atoms with Gasteiger partial charge >= 0.3 is 0 Å². The number of hydrogen-bond donors (Lipinski definition) is 0. The van der Waals surface area contributed by atoms with E-state index >= 15 is 0 Å². The highest BCUT2D eigenvalue weighted by atomic mass is 32.2. The Morgan fingerprint density at radius 1 is 1.64 bits per heavy atom. The third-order valence-corrected chi connectivity index (χ3v) is 3.19. The van der Waals surface area contributed by atoms with Crippen LogP contribution in [0.1, 0.15) is 0 Å². The monoisotopic (exact) mass is 187 g/mol. The predicted octanol–water partition coefficient (Wildman–Crippen LogP) is 0.699. The van der Waals surface area contributed by atoms with Gasteiger partial charge in [-0.3, -0.25) is 0 Å². The van der Waals surface area contributed by atoms with Crippen molar-refractivity contribution in [3.05, 3.63) is 24.3 Å². The van der Waals surface area contributed by atoms with Crippen molar-refractivity contribution >= 4 is 26.9 Å². The van der Waals surface area contributed by atoms with Crippen LogP contribution < -0.4 is 0 Å². The van der Waals surface area contributed by atoms with Gasteiger partial charge in [0.25, 0.3) is 0 Å². The lowest BCUT2D eigenvalue weighted by atomic mass is 10.2. The quantitative estimate of drug-likeness (QED) is 0.567. The number of rotatable bonds is 1. The van der Waals surface area contributed by atoms with Crippen molar-refractivity contribution < 1.29 is 8.42 Å². The molecule has 1 radical (unpaired) electrons. The summed E-state index contributed by atoms with van der Waals surface area (Å²) in [6.45, 7) is 0. The number of thiocarbonyl (C=S) groups is 1. The molecule has 11 heavy (non-hydrogen) atoms. The SMILES string of the molecule is CS(=O)(=O)C1C=C[C]=CC1=S. The molecule has 0 saturated carbocycles. The molecule has 0 aliphatic heterocycles. The van der Waals surface area contributed by atoms with Gasteiger partial charge in [-0.1, -0.05) is 24.4 Å². The molecule has 59 valence electrons. The summed E-state index contributed by atoms with van der Waals surface area (Å²) >= 11 is 4.83. The van der Waals surface area contributed by atoms with Crippen molar-refractivity contribution in [3.63, 3.8) is 0 Å². The summed E-state index contributed by atoms with van der Waals surface area (Å²) in [4.78, 5) is 0.412. The Balaban J connectivity index is 3.01. The maximum absolute atomic E-state index is 11.0. The molecule has 4 heteroatoms. The molecule has 1 rings (SSSR count). The van der Waals surface area contributed by atoms with E-state index in [4.69, 9.17) is 12.2 Å². The average Bonchev–Trinajstić information content (AvgIpc) is 1.86. The summed E-state index contributed by atoms with van der Waals surface area (Å²) < 4.78 is 22.0. The van der Waals surface area contributed by atoms with Crippen LogP contribution in [0.4, 0.5) is 0 Å². The zero-order chi connectivity index (χ0) is 8.48. The minimum atomic E-state index is -3.07. The van der Waals surface area contributed by atoms with Crippen molar-refractivity contribution in [2.45, 2.75) is 5.25 Å². The Morgan fingerprint density at radius 3 is 2.64 bits per heavy atom. The largest absolute Gasteiger partial charge is 0.228 e. The Bertz CT molecular complexity index is 322. The summed E-state index contributed by atoms with van der Waals surface area (Å²) in [5, 5.41) is -0.626. The fourth-order valence-corrected chi connectivity index (χ4v) is 2.33. The molecular weight excluding hydrogens is 180 g/mol. The van der Waals surface area contributed by atoms with Crippen LogP contribution in [0.3, 0.4) is 0 Å². The van der Waals surface area contributed by atoms with E-state index in [1.54, 1.807) is 6.08 Å². The minimum absolute atomic E-state index is 0.412. The maximum atomic E-state index is 11.0. The zero-order valence-corrected chi connectivity index (χ0v) is 7.58. The van der Waals surface area contributed by atoms with E-state index in [2.05, 4.69) is 6.08 Å². The molecule has 0 bridgehead atoms. The molecule has 0 heterocycles. The van der Waals surface area contributed by atoms with Crippen LogP contribution in [-0.2, 0) is 9.84 Å². The molecule has 0 spiro atoms. The fourth-order valence-electron chi connectivity index (χ4n) is 0.804. The Hall–Kier alpha value is -0.480. The second-order valence-corrected chi connectivity index (χ2v) is 4.96. The van der Waals surface area contributed by atoms with Crippen molar-refractivity contribution in [1.29, 1.82) is 0 Å². The van der Waals surface area contributed by atoms with Gasteiger partial charge in [-0.05, 0) is 12.2 Å². The molecule has 0 aromatic carbocycles. The molecule has 1 atom stereocenters. The predicted molar refractivity (Wildman–Crippen MR) is 48.2 cm³/mol. The summed E-state index contributed by atoms with van der Waals surface area (Å²) in [5.74, 6) is 0. The van der Waals surface area contributed by atoms with Crippen LogP contribution in [0.5, 0.6) is 0 Å². The Kier molecular flexibility index (Phi) is 2.25. The van der Waals surface area contributed by atoms with E-state index in [1.807, 2.05) is 0 Å². The number of sulfone groups is 1. The van der Waals surface area contributed by atoms with E-state index in [-0.39, 0.29) is 0 Å². The molecule has 1 aliphatic carbocycles. The Morgan fingerprint density at radius 2 is 2.27 bits per heavy atom. The molecule has 1 unspecified atom stereocenters. The molecule has 2 nitrogen and oxygen atoms in total. The summed E-state index contributed by atoms with van der Waals surface area (Å²) in [6, 6.07) is 0. The van der Waals surface area contributed by atoms with E-state index in [0.717, 1.165) is 0 Å². The summed E-state index contributed by atoms with van der Waals surface area (Å²) in [7, 11) is -3.07. The van der Waals surface area contributed by atoms with Gasteiger partial charge in [0.2, 0.25) is 0 Å².